The van der Waals surface area contributed by atoms with E-state index in [0.29, 0.717) is 5.57 Å². The largest absolute Gasteiger partial charge is 0.465 e. The smallest absolute Gasteiger partial charge is 0.339 e. The zero-order valence-corrected chi connectivity index (χ0v) is 14.8. The highest BCUT2D eigenvalue weighted by atomic mass is 32.2. The van der Waals surface area contributed by atoms with Crippen LogP contribution in [0.2, 0.25) is 0 Å². The molecule has 0 unspecified atom stereocenters. The topological polar surface area (TPSA) is 44.1 Å². The Morgan fingerprint density at radius 1 is 1.20 bits per heavy atom. The van der Waals surface area contributed by atoms with Crippen LogP contribution >= 0.6 is 11.8 Å². The van der Waals surface area contributed by atoms with Gasteiger partial charge in [-0.1, -0.05) is 42.1 Å². The van der Waals surface area contributed by atoms with Crippen molar-refractivity contribution >= 4 is 34.2 Å². The summed E-state index contributed by atoms with van der Waals surface area (Å²) in [5, 5.41) is 2.06. The van der Waals surface area contributed by atoms with Crippen molar-refractivity contribution in [3.05, 3.63) is 60.4 Å². The van der Waals surface area contributed by atoms with Gasteiger partial charge < -0.3 is 9.30 Å². The van der Waals surface area contributed by atoms with Crippen molar-refractivity contribution in [2.24, 2.45) is 0 Å². The van der Waals surface area contributed by atoms with Crippen molar-refractivity contribution in [1.29, 1.82) is 0 Å². The standard InChI is InChI=1S/C20H18N2O2S/c1-24-20(23)15-9-5-7-13-22-16-10-3-2-8-14(16)19(18(15)22)25-17-11-4-6-12-21-17/h2-4,6,8-12H,5,7,13H2,1H3. The summed E-state index contributed by atoms with van der Waals surface area (Å²) in [5.41, 5.74) is 2.74. The van der Waals surface area contributed by atoms with Crippen LogP contribution in [0.15, 0.2) is 64.7 Å². The highest BCUT2D eigenvalue weighted by molar-refractivity contribution is 7.99. The van der Waals surface area contributed by atoms with Crippen LogP contribution in [-0.4, -0.2) is 22.6 Å². The minimum absolute atomic E-state index is 0.283. The molecule has 1 aliphatic heterocycles. The van der Waals surface area contributed by atoms with E-state index in [1.165, 1.54) is 7.11 Å². The number of carbonyl (C=O) groups is 1. The maximum atomic E-state index is 12.4. The third kappa shape index (κ3) is 2.85. The first-order valence-electron chi connectivity index (χ1n) is 8.28. The number of ether oxygens (including phenoxy) is 1. The Hall–Kier alpha value is -2.53. The van der Waals surface area contributed by atoms with Crippen molar-refractivity contribution in [3.63, 3.8) is 0 Å². The molecule has 0 saturated carbocycles. The molecular weight excluding hydrogens is 332 g/mol. The molecule has 0 radical (unpaired) electrons. The van der Waals surface area contributed by atoms with Gasteiger partial charge in [-0.05, 0) is 31.0 Å². The van der Waals surface area contributed by atoms with Crippen LogP contribution in [-0.2, 0) is 16.1 Å². The number of methoxy groups -OCH3 is 1. The zero-order chi connectivity index (χ0) is 17.2. The maximum absolute atomic E-state index is 12.4. The van der Waals surface area contributed by atoms with Gasteiger partial charge in [0.05, 0.1) is 18.4 Å². The third-order valence-electron chi connectivity index (χ3n) is 4.36. The normalized spacial score (nSPS) is 13.9. The monoisotopic (exact) mass is 350 g/mol. The Balaban J connectivity index is 1.97. The highest BCUT2D eigenvalue weighted by Gasteiger charge is 2.26. The third-order valence-corrected chi connectivity index (χ3v) is 5.43. The van der Waals surface area contributed by atoms with E-state index in [4.69, 9.17) is 4.74 Å². The molecule has 2 aromatic heterocycles. The van der Waals surface area contributed by atoms with E-state index in [1.807, 2.05) is 36.4 Å². The fourth-order valence-electron chi connectivity index (χ4n) is 3.27. The molecule has 0 N–H and O–H groups in total. The Morgan fingerprint density at radius 2 is 2.04 bits per heavy atom. The van der Waals surface area contributed by atoms with Gasteiger partial charge in [0.1, 0.15) is 5.03 Å². The van der Waals surface area contributed by atoms with Crippen LogP contribution in [0.3, 0.4) is 0 Å². The van der Waals surface area contributed by atoms with Crippen LogP contribution in [0.1, 0.15) is 18.5 Å². The van der Waals surface area contributed by atoms with Gasteiger partial charge in [-0.2, -0.15) is 0 Å². The van der Waals surface area contributed by atoms with Crippen LogP contribution in [0.25, 0.3) is 16.5 Å². The Bertz CT molecular complexity index is 960. The molecule has 4 rings (SSSR count). The average Bonchev–Trinajstić information content (AvgIpc) is 2.82. The summed E-state index contributed by atoms with van der Waals surface area (Å²) < 4.78 is 7.30. The molecule has 126 valence electrons. The first-order valence-corrected chi connectivity index (χ1v) is 9.10. The van der Waals surface area contributed by atoms with Gasteiger partial charge in [0.25, 0.3) is 0 Å². The molecule has 0 fully saturated rings. The van der Waals surface area contributed by atoms with E-state index < -0.39 is 0 Å². The van der Waals surface area contributed by atoms with Crippen molar-refractivity contribution in [2.75, 3.05) is 7.11 Å². The molecule has 0 bridgehead atoms. The van der Waals surface area contributed by atoms with Crippen LogP contribution < -0.4 is 0 Å². The average molecular weight is 350 g/mol. The second-order valence-corrected chi connectivity index (χ2v) is 6.90. The Labute approximate surface area is 150 Å². The van der Waals surface area contributed by atoms with Gasteiger partial charge in [-0.15, -0.1) is 0 Å². The van der Waals surface area contributed by atoms with Gasteiger partial charge in [0.15, 0.2) is 0 Å². The van der Waals surface area contributed by atoms with Crippen molar-refractivity contribution < 1.29 is 9.53 Å². The maximum Gasteiger partial charge on any atom is 0.339 e. The Morgan fingerprint density at radius 3 is 2.84 bits per heavy atom. The van der Waals surface area contributed by atoms with Crippen molar-refractivity contribution in [1.82, 2.24) is 9.55 Å². The lowest BCUT2D eigenvalue weighted by Crippen LogP contribution is -2.08. The summed E-state index contributed by atoms with van der Waals surface area (Å²) >= 11 is 1.60. The number of fused-ring (bicyclic) bond motifs is 3. The van der Waals surface area contributed by atoms with Gasteiger partial charge in [0.2, 0.25) is 0 Å². The molecule has 0 aliphatic carbocycles. The summed E-state index contributed by atoms with van der Waals surface area (Å²) in [5.74, 6) is -0.283. The minimum Gasteiger partial charge on any atom is -0.465 e. The van der Waals surface area contributed by atoms with E-state index in [0.717, 1.165) is 45.9 Å². The number of carbonyl (C=O) groups excluding carboxylic acids is 1. The van der Waals surface area contributed by atoms with Gasteiger partial charge in [-0.25, -0.2) is 9.78 Å². The summed E-state index contributed by atoms with van der Waals surface area (Å²) in [4.78, 5) is 17.9. The van der Waals surface area contributed by atoms with E-state index in [9.17, 15) is 4.79 Å². The van der Waals surface area contributed by atoms with Crippen LogP contribution in [0.5, 0.6) is 0 Å². The number of benzene rings is 1. The van der Waals surface area contributed by atoms with E-state index in [-0.39, 0.29) is 5.97 Å². The summed E-state index contributed by atoms with van der Waals surface area (Å²) in [7, 11) is 1.44. The number of allylic oxidation sites excluding steroid dienone is 1. The molecule has 1 aromatic carbocycles. The minimum atomic E-state index is -0.283. The second kappa shape index (κ2) is 6.76. The number of hydrogen-bond acceptors (Lipinski definition) is 4. The predicted molar refractivity (Wildman–Crippen MR) is 99.5 cm³/mol. The van der Waals surface area contributed by atoms with Crippen molar-refractivity contribution in [3.8, 4) is 0 Å². The first kappa shape index (κ1) is 16.0. The lowest BCUT2D eigenvalue weighted by molar-refractivity contribution is -0.133. The lowest BCUT2D eigenvalue weighted by Gasteiger charge is -2.11. The predicted octanol–water partition coefficient (Wildman–Crippen LogP) is 4.54. The second-order valence-electron chi connectivity index (χ2n) is 5.87. The number of aryl methyl sites for hydroxylation is 1. The molecule has 4 nitrogen and oxygen atoms in total. The summed E-state index contributed by atoms with van der Waals surface area (Å²) in [6, 6.07) is 14.2. The van der Waals surface area contributed by atoms with Crippen molar-refractivity contribution in [2.45, 2.75) is 29.3 Å². The number of pyridine rings is 1. The molecule has 0 amide bonds. The molecule has 0 saturated heterocycles. The highest BCUT2D eigenvalue weighted by Crippen LogP contribution is 2.42. The molecule has 3 aromatic rings. The SMILES string of the molecule is COC(=O)C1=CCCCn2c1c(Sc1ccccn1)c1ccccc12. The molecule has 1 aliphatic rings. The van der Waals surface area contributed by atoms with Gasteiger partial charge in [-0.3, -0.25) is 0 Å². The van der Waals surface area contributed by atoms with E-state index in [1.54, 1.807) is 18.0 Å². The number of hydrogen-bond donors (Lipinski definition) is 0. The molecule has 3 heterocycles. The van der Waals surface area contributed by atoms with Crippen LogP contribution in [0, 0.1) is 0 Å². The molecular formula is C20H18N2O2S. The number of para-hydroxylation sites is 1. The Kier molecular flexibility index (Phi) is 4.32. The number of rotatable bonds is 3. The fraction of sp³-hybridized carbons (Fsp3) is 0.200. The van der Waals surface area contributed by atoms with E-state index >= 15 is 0 Å². The first-order chi connectivity index (χ1) is 12.3. The number of nitrogens with zero attached hydrogens (tertiary/aromatic N) is 2. The zero-order valence-electron chi connectivity index (χ0n) is 13.9. The quantitative estimate of drug-likeness (QED) is 0.651. The number of esters is 1. The molecule has 0 atom stereocenters. The van der Waals surface area contributed by atoms with Gasteiger partial charge in [0, 0.05) is 28.5 Å². The van der Waals surface area contributed by atoms with Gasteiger partial charge >= 0.3 is 5.97 Å². The summed E-state index contributed by atoms with van der Waals surface area (Å²) in [6.07, 6.45) is 5.66. The molecule has 5 heteroatoms. The van der Waals surface area contributed by atoms with Crippen LogP contribution in [0.4, 0.5) is 0 Å². The molecule has 0 spiro atoms. The lowest BCUT2D eigenvalue weighted by atomic mass is 10.1. The fourth-order valence-corrected chi connectivity index (χ4v) is 4.34. The van der Waals surface area contributed by atoms with E-state index in [2.05, 4.69) is 21.7 Å². The number of aromatic nitrogens is 2. The summed E-state index contributed by atoms with van der Waals surface area (Å²) in [6.45, 7) is 0.885. The molecule has 25 heavy (non-hydrogen) atoms.